The van der Waals surface area contributed by atoms with Gasteiger partial charge in [-0.3, -0.25) is 9.59 Å². The number of nitrogens with one attached hydrogen (secondary N) is 2. The molecule has 2 amide bonds. The molecular formula is C17H19ClN4O2. The number of carbonyl (C=O) groups is 2. The van der Waals surface area contributed by atoms with Crippen molar-refractivity contribution in [1.29, 1.82) is 0 Å². The highest BCUT2D eigenvalue weighted by Gasteiger charge is 2.23. The fourth-order valence-corrected chi connectivity index (χ4v) is 3.07. The maximum Gasteiger partial charge on any atom is 0.255 e. The maximum atomic E-state index is 12.6. The Balaban J connectivity index is 1.83. The molecule has 0 radical (unpaired) electrons. The van der Waals surface area contributed by atoms with Crippen molar-refractivity contribution in [2.24, 2.45) is 0 Å². The molecule has 0 bridgehead atoms. The molecule has 24 heavy (non-hydrogen) atoms. The average Bonchev–Trinajstić information content (AvgIpc) is 3.01. The quantitative estimate of drug-likeness (QED) is 0.890. The lowest BCUT2D eigenvalue weighted by atomic mass is 10.1. The molecule has 2 N–H and O–H groups in total. The van der Waals surface area contributed by atoms with E-state index in [1.807, 2.05) is 25.1 Å². The molecule has 126 valence electrons. The van der Waals surface area contributed by atoms with Gasteiger partial charge in [-0.25, -0.2) is 4.68 Å². The molecule has 1 unspecified atom stereocenters. The van der Waals surface area contributed by atoms with Gasteiger partial charge in [0.1, 0.15) is 0 Å². The lowest BCUT2D eigenvalue weighted by Gasteiger charge is -2.23. The monoisotopic (exact) mass is 346 g/mol. The molecule has 0 aliphatic carbocycles. The van der Waals surface area contributed by atoms with Crippen LogP contribution >= 0.6 is 11.6 Å². The Hall–Kier alpha value is -2.34. The molecule has 1 aliphatic rings. The Morgan fingerprint density at radius 3 is 2.92 bits per heavy atom. The predicted molar refractivity (Wildman–Crippen MR) is 91.4 cm³/mol. The minimum atomic E-state index is -0.175. The number of para-hydroxylation sites is 1. The van der Waals surface area contributed by atoms with Crippen molar-refractivity contribution < 1.29 is 9.59 Å². The van der Waals surface area contributed by atoms with Crippen LogP contribution in [0, 0.1) is 0 Å². The molecule has 2 aromatic rings. The summed E-state index contributed by atoms with van der Waals surface area (Å²) in [5, 5.41) is 10.7. The van der Waals surface area contributed by atoms with Gasteiger partial charge in [0.15, 0.2) is 0 Å². The molecule has 1 aliphatic heterocycles. The topological polar surface area (TPSA) is 76.0 Å². The van der Waals surface area contributed by atoms with Gasteiger partial charge in [0.05, 0.1) is 28.2 Å². The third-order valence-electron chi connectivity index (χ3n) is 4.13. The van der Waals surface area contributed by atoms with Gasteiger partial charge in [0, 0.05) is 19.0 Å². The zero-order valence-corrected chi connectivity index (χ0v) is 14.1. The van der Waals surface area contributed by atoms with Gasteiger partial charge < -0.3 is 10.6 Å². The van der Waals surface area contributed by atoms with Crippen LogP contribution in [0.1, 0.15) is 35.8 Å². The number of aromatic nitrogens is 2. The van der Waals surface area contributed by atoms with Gasteiger partial charge >= 0.3 is 0 Å². The summed E-state index contributed by atoms with van der Waals surface area (Å²) in [6.45, 7) is 2.44. The molecule has 1 atom stereocenters. The van der Waals surface area contributed by atoms with Crippen molar-refractivity contribution in [2.75, 3.05) is 6.54 Å². The maximum absolute atomic E-state index is 12.6. The fraction of sp³-hybridized carbons (Fsp3) is 0.353. The SMILES string of the molecule is CCc1c(C(=O)NC2CCC(=O)NC2)cnn1-c1ccccc1Cl. The second-order valence-electron chi connectivity index (χ2n) is 5.73. The summed E-state index contributed by atoms with van der Waals surface area (Å²) in [5.74, 6) is -0.146. The van der Waals surface area contributed by atoms with E-state index in [4.69, 9.17) is 11.6 Å². The first-order valence-electron chi connectivity index (χ1n) is 7.99. The minimum absolute atomic E-state index is 0.0290. The predicted octanol–water partition coefficient (Wildman–Crippen LogP) is 2.10. The molecule has 1 saturated heterocycles. The molecular weight excluding hydrogens is 328 g/mol. The fourth-order valence-electron chi connectivity index (χ4n) is 2.85. The van der Waals surface area contributed by atoms with E-state index in [1.165, 1.54) is 0 Å². The molecule has 1 aromatic carbocycles. The highest BCUT2D eigenvalue weighted by molar-refractivity contribution is 6.32. The Bertz CT molecular complexity index is 762. The van der Waals surface area contributed by atoms with E-state index in [0.717, 1.165) is 11.4 Å². The normalized spacial score (nSPS) is 17.4. The highest BCUT2D eigenvalue weighted by atomic mass is 35.5. The molecule has 1 fully saturated rings. The van der Waals surface area contributed by atoms with Gasteiger partial charge in [0.25, 0.3) is 5.91 Å². The standard InChI is InChI=1S/C17H19ClN4O2/c1-2-14-12(17(24)21-11-7-8-16(23)19-9-11)10-20-22(14)15-6-4-3-5-13(15)18/h3-6,10-11H,2,7-9H2,1H3,(H,19,23)(H,21,24). The van der Waals surface area contributed by atoms with Gasteiger partial charge in [-0.2, -0.15) is 5.10 Å². The van der Waals surface area contributed by atoms with Crippen LogP contribution in [-0.4, -0.2) is 34.2 Å². The van der Waals surface area contributed by atoms with Gasteiger partial charge in [0.2, 0.25) is 5.91 Å². The third kappa shape index (κ3) is 3.28. The largest absolute Gasteiger partial charge is 0.354 e. The lowest BCUT2D eigenvalue weighted by Crippen LogP contribution is -2.47. The van der Waals surface area contributed by atoms with E-state index < -0.39 is 0 Å². The zero-order valence-electron chi connectivity index (χ0n) is 13.4. The van der Waals surface area contributed by atoms with Crippen LogP contribution < -0.4 is 10.6 Å². The summed E-state index contributed by atoms with van der Waals surface area (Å²) in [6.07, 6.45) is 3.30. The van der Waals surface area contributed by atoms with E-state index in [1.54, 1.807) is 16.9 Å². The summed E-state index contributed by atoms with van der Waals surface area (Å²) in [6, 6.07) is 7.34. The van der Waals surface area contributed by atoms with E-state index in [0.29, 0.717) is 36.4 Å². The van der Waals surface area contributed by atoms with E-state index in [9.17, 15) is 9.59 Å². The Morgan fingerprint density at radius 2 is 2.25 bits per heavy atom. The summed E-state index contributed by atoms with van der Waals surface area (Å²) in [5.41, 5.74) is 2.09. The van der Waals surface area contributed by atoms with Crippen molar-refractivity contribution in [3.05, 3.63) is 46.7 Å². The number of hydrogen-bond donors (Lipinski definition) is 2. The average molecular weight is 347 g/mol. The highest BCUT2D eigenvalue weighted by Crippen LogP contribution is 2.23. The summed E-state index contributed by atoms with van der Waals surface area (Å²) in [4.78, 5) is 23.8. The summed E-state index contributed by atoms with van der Waals surface area (Å²) >= 11 is 6.24. The van der Waals surface area contributed by atoms with Crippen LogP contribution in [0.3, 0.4) is 0 Å². The molecule has 0 saturated carbocycles. The number of piperidine rings is 1. The van der Waals surface area contributed by atoms with E-state index >= 15 is 0 Å². The van der Waals surface area contributed by atoms with Gasteiger partial charge in [-0.05, 0) is 25.0 Å². The first-order valence-corrected chi connectivity index (χ1v) is 8.37. The number of nitrogens with zero attached hydrogens (tertiary/aromatic N) is 2. The Morgan fingerprint density at radius 1 is 1.46 bits per heavy atom. The van der Waals surface area contributed by atoms with E-state index in [-0.39, 0.29) is 17.9 Å². The van der Waals surface area contributed by atoms with Gasteiger partial charge in [-0.15, -0.1) is 0 Å². The summed E-state index contributed by atoms with van der Waals surface area (Å²) in [7, 11) is 0. The van der Waals surface area contributed by atoms with Crippen LogP contribution in [0.5, 0.6) is 0 Å². The van der Waals surface area contributed by atoms with Crippen LogP contribution in [0.2, 0.25) is 5.02 Å². The smallest absolute Gasteiger partial charge is 0.255 e. The molecule has 2 heterocycles. The number of hydrogen-bond acceptors (Lipinski definition) is 3. The molecule has 3 rings (SSSR count). The first kappa shape index (κ1) is 16.5. The molecule has 6 nitrogen and oxygen atoms in total. The third-order valence-corrected chi connectivity index (χ3v) is 4.45. The Kier molecular flexibility index (Phi) is 4.85. The molecule has 1 aromatic heterocycles. The van der Waals surface area contributed by atoms with Crippen molar-refractivity contribution in [1.82, 2.24) is 20.4 Å². The van der Waals surface area contributed by atoms with Crippen LogP contribution in [-0.2, 0) is 11.2 Å². The number of rotatable bonds is 4. The second kappa shape index (κ2) is 7.05. The van der Waals surface area contributed by atoms with Gasteiger partial charge in [-0.1, -0.05) is 30.7 Å². The van der Waals surface area contributed by atoms with Crippen molar-refractivity contribution >= 4 is 23.4 Å². The van der Waals surface area contributed by atoms with Crippen LogP contribution in [0.25, 0.3) is 5.69 Å². The number of carbonyl (C=O) groups excluding carboxylic acids is 2. The van der Waals surface area contributed by atoms with Crippen molar-refractivity contribution in [3.8, 4) is 5.69 Å². The first-order chi connectivity index (χ1) is 11.6. The lowest BCUT2D eigenvalue weighted by molar-refractivity contribution is -0.122. The minimum Gasteiger partial charge on any atom is -0.354 e. The second-order valence-corrected chi connectivity index (χ2v) is 6.14. The number of amides is 2. The summed E-state index contributed by atoms with van der Waals surface area (Å²) < 4.78 is 1.71. The van der Waals surface area contributed by atoms with Crippen LogP contribution in [0.4, 0.5) is 0 Å². The Labute approximate surface area is 145 Å². The van der Waals surface area contributed by atoms with Crippen LogP contribution in [0.15, 0.2) is 30.5 Å². The number of halogens is 1. The zero-order chi connectivity index (χ0) is 17.1. The van der Waals surface area contributed by atoms with Crippen molar-refractivity contribution in [2.45, 2.75) is 32.2 Å². The van der Waals surface area contributed by atoms with E-state index in [2.05, 4.69) is 15.7 Å². The van der Waals surface area contributed by atoms with Crippen molar-refractivity contribution in [3.63, 3.8) is 0 Å². The molecule has 7 heteroatoms. The number of benzene rings is 1. The molecule has 0 spiro atoms.